The SMILES string of the molecule is COC(=O)[C@]12OC[C@@]34[C@@H](C[C@H]5[C@H](C)C(=O)C(O[C@@H]6O[C@H](CO)[C@@H](O)[C@H](O)[C@H]6O)=C[C@]5(C)[C@@H]3[C@@H](O)[C@@H]1O)OC(=O)[C@H](OC(C)=O)[C@@H]24. The van der Waals surface area contributed by atoms with Gasteiger partial charge in [0.1, 0.15) is 36.6 Å². The summed E-state index contributed by atoms with van der Waals surface area (Å²) in [6.45, 7) is 3.33. The minimum atomic E-state index is -2.30. The molecule has 0 aromatic carbocycles. The molecule has 16 atom stereocenters. The van der Waals surface area contributed by atoms with Crippen molar-refractivity contribution in [2.75, 3.05) is 20.3 Å². The van der Waals surface area contributed by atoms with Gasteiger partial charge in [0.25, 0.3) is 0 Å². The normalized spacial score (nSPS) is 51.7. The maximum atomic E-state index is 13.7. The third-order valence-electron chi connectivity index (χ3n) is 11.2. The Morgan fingerprint density at radius 1 is 1.04 bits per heavy atom. The Balaban J connectivity index is 1.49. The Kier molecular flexibility index (Phi) is 7.64. The Morgan fingerprint density at radius 3 is 2.36 bits per heavy atom. The summed E-state index contributed by atoms with van der Waals surface area (Å²) in [5, 5.41) is 64.2. The summed E-state index contributed by atoms with van der Waals surface area (Å²) in [5.74, 6) is -7.70. The number of methoxy groups -OCH3 is 1. The van der Waals surface area contributed by atoms with Crippen LogP contribution in [-0.2, 0) is 47.6 Å². The average Bonchev–Trinajstić information content (AvgIpc) is 3.30. The number of aliphatic hydroxyl groups is 6. The molecule has 3 aliphatic carbocycles. The molecule has 3 saturated heterocycles. The van der Waals surface area contributed by atoms with Gasteiger partial charge in [-0.1, -0.05) is 13.8 Å². The molecular formula is C29H38O16. The van der Waals surface area contributed by atoms with E-state index in [4.69, 9.17) is 28.4 Å². The van der Waals surface area contributed by atoms with E-state index in [-0.39, 0.29) is 18.8 Å². The molecule has 2 bridgehead atoms. The number of hydrogen-bond acceptors (Lipinski definition) is 16. The number of carbonyl (C=O) groups is 4. The first-order chi connectivity index (χ1) is 21.1. The van der Waals surface area contributed by atoms with Gasteiger partial charge in [-0.2, -0.15) is 0 Å². The van der Waals surface area contributed by atoms with Gasteiger partial charge in [-0.05, 0) is 23.8 Å². The van der Waals surface area contributed by atoms with E-state index in [1.165, 1.54) is 6.08 Å². The molecule has 1 spiro atoms. The number of Topliss-reactive ketones (excluding diaryl/α,β-unsaturated/α-hetero) is 1. The molecule has 0 radical (unpaired) electrons. The molecule has 0 aromatic rings. The topological polar surface area (TPSA) is 245 Å². The second-order valence-electron chi connectivity index (χ2n) is 13.2. The molecule has 45 heavy (non-hydrogen) atoms. The Bertz CT molecular complexity index is 1310. The molecule has 0 unspecified atom stereocenters. The van der Waals surface area contributed by atoms with E-state index in [2.05, 4.69) is 0 Å². The molecule has 5 fully saturated rings. The van der Waals surface area contributed by atoms with Crippen LogP contribution >= 0.6 is 0 Å². The van der Waals surface area contributed by atoms with E-state index in [1.807, 2.05) is 0 Å². The predicted molar refractivity (Wildman–Crippen MR) is 141 cm³/mol. The number of aliphatic hydroxyl groups excluding tert-OH is 6. The number of hydrogen-bond donors (Lipinski definition) is 6. The lowest BCUT2D eigenvalue weighted by Crippen LogP contribution is -2.79. The zero-order chi connectivity index (χ0) is 33.0. The van der Waals surface area contributed by atoms with Crippen molar-refractivity contribution in [1.82, 2.24) is 0 Å². The van der Waals surface area contributed by atoms with E-state index in [0.29, 0.717) is 0 Å². The van der Waals surface area contributed by atoms with Crippen molar-refractivity contribution in [2.24, 2.45) is 34.5 Å². The number of allylic oxidation sites excluding steroid dienone is 2. The van der Waals surface area contributed by atoms with Gasteiger partial charge in [0.15, 0.2) is 11.5 Å². The number of esters is 3. The average molecular weight is 643 g/mol. The van der Waals surface area contributed by atoms with Crippen LogP contribution in [0.1, 0.15) is 27.2 Å². The third-order valence-corrected chi connectivity index (χ3v) is 11.2. The number of carbonyl (C=O) groups excluding carboxylic acids is 4. The van der Waals surface area contributed by atoms with Gasteiger partial charge < -0.3 is 59.1 Å². The lowest BCUT2D eigenvalue weighted by molar-refractivity contribution is -0.296. The summed E-state index contributed by atoms with van der Waals surface area (Å²) in [6.07, 6.45) is -13.2. The predicted octanol–water partition coefficient (Wildman–Crippen LogP) is -3.31. The van der Waals surface area contributed by atoms with Crippen molar-refractivity contribution in [3.63, 3.8) is 0 Å². The molecule has 3 heterocycles. The van der Waals surface area contributed by atoms with Crippen LogP contribution in [0.2, 0.25) is 0 Å². The highest BCUT2D eigenvalue weighted by Crippen LogP contribution is 2.72. The minimum Gasteiger partial charge on any atom is -0.467 e. The minimum absolute atomic E-state index is 0.0577. The first kappa shape index (κ1) is 32.2. The summed E-state index contributed by atoms with van der Waals surface area (Å²) in [4.78, 5) is 52.7. The van der Waals surface area contributed by atoms with E-state index in [0.717, 1.165) is 14.0 Å². The van der Waals surface area contributed by atoms with Crippen molar-refractivity contribution in [3.8, 4) is 0 Å². The molecule has 0 aromatic heterocycles. The number of ether oxygens (including phenoxy) is 6. The number of rotatable bonds is 5. The molecular weight excluding hydrogens is 604 g/mol. The number of fused-ring (bicyclic) bond motifs is 2. The third kappa shape index (κ3) is 4.06. The van der Waals surface area contributed by atoms with Crippen molar-refractivity contribution in [2.45, 2.75) is 87.9 Å². The Hall–Kier alpha value is -2.70. The van der Waals surface area contributed by atoms with Crippen molar-refractivity contribution in [1.29, 1.82) is 0 Å². The maximum absolute atomic E-state index is 13.7. The largest absolute Gasteiger partial charge is 0.467 e. The van der Waals surface area contributed by atoms with Crippen LogP contribution in [0.5, 0.6) is 0 Å². The Morgan fingerprint density at radius 2 is 1.73 bits per heavy atom. The van der Waals surface area contributed by atoms with Crippen LogP contribution in [0, 0.1) is 34.5 Å². The highest BCUT2D eigenvalue weighted by Gasteiger charge is 2.85. The molecule has 6 rings (SSSR count). The number of ketones is 1. The van der Waals surface area contributed by atoms with Crippen LogP contribution in [0.3, 0.4) is 0 Å². The molecule has 16 nitrogen and oxygen atoms in total. The van der Waals surface area contributed by atoms with Gasteiger partial charge in [-0.15, -0.1) is 0 Å². The molecule has 3 aliphatic heterocycles. The zero-order valence-corrected chi connectivity index (χ0v) is 25.0. The fraction of sp³-hybridized carbons (Fsp3) is 0.793. The monoisotopic (exact) mass is 642 g/mol. The summed E-state index contributed by atoms with van der Waals surface area (Å²) in [5.41, 5.74) is -5.00. The quantitative estimate of drug-likeness (QED) is 0.127. The van der Waals surface area contributed by atoms with E-state index in [1.54, 1.807) is 13.8 Å². The van der Waals surface area contributed by atoms with Gasteiger partial charge in [0.2, 0.25) is 18.0 Å². The second kappa shape index (κ2) is 10.7. The van der Waals surface area contributed by atoms with Gasteiger partial charge in [0.05, 0.1) is 32.3 Å². The fourth-order valence-electron chi connectivity index (χ4n) is 9.36. The smallest absolute Gasteiger partial charge is 0.348 e. The van der Waals surface area contributed by atoms with Crippen LogP contribution in [0.25, 0.3) is 0 Å². The molecule has 0 amide bonds. The first-order valence-electron chi connectivity index (χ1n) is 14.8. The van der Waals surface area contributed by atoms with Crippen LogP contribution in [0.15, 0.2) is 11.8 Å². The summed E-state index contributed by atoms with van der Waals surface area (Å²) < 4.78 is 33.6. The zero-order valence-electron chi connectivity index (χ0n) is 25.0. The second-order valence-corrected chi connectivity index (χ2v) is 13.2. The van der Waals surface area contributed by atoms with Crippen LogP contribution in [-0.4, -0.2) is 135 Å². The summed E-state index contributed by atoms with van der Waals surface area (Å²) >= 11 is 0. The lowest BCUT2D eigenvalue weighted by Gasteiger charge is -2.67. The molecule has 6 aliphatic rings. The maximum Gasteiger partial charge on any atom is 0.348 e. The fourth-order valence-corrected chi connectivity index (χ4v) is 9.36. The van der Waals surface area contributed by atoms with Crippen LogP contribution in [0.4, 0.5) is 0 Å². The molecule has 2 saturated carbocycles. The highest BCUT2D eigenvalue weighted by molar-refractivity contribution is 5.96. The Labute approximate surface area is 256 Å². The molecule has 6 N–H and O–H groups in total. The molecule has 250 valence electrons. The van der Waals surface area contributed by atoms with E-state index < -0.39 is 126 Å². The van der Waals surface area contributed by atoms with Crippen molar-refractivity contribution < 1.29 is 78.2 Å². The van der Waals surface area contributed by atoms with E-state index in [9.17, 15) is 49.8 Å². The van der Waals surface area contributed by atoms with Crippen molar-refractivity contribution in [3.05, 3.63) is 11.8 Å². The highest BCUT2D eigenvalue weighted by atomic mass is 16.7. The molecule has 16 heteroatoms. The van der Waals surface area contributed by atoms with Crippen LogP contribution < -0.4 is 0 Å². The van der Waals surface area contributed by atoms with Gasteiger partial charge in [-0.3, -0.25) is 9.59 Å². The van der Waals surface area contributed by atoms with Crippen molar-refractivity contribution >= 4 is 23.7 Å². The summed E-state index contributed by atoms with van der Waals surface area (Å²) in [6, 6.07) is 0. The lowest BCUT2D eigenvalue weighted by atomic mass is 9.38. The summed E-state index contributed by atoms with van der Waals surface area (Å²) in [7, 11) is 1.05. The van der Waals surface area contributed by atoms with Gasteiger partial charge in [-0.25, -0.2) is 9.59 Å². The van der Waals surface area contributed by atoms with Gasteiger partial charge in [0, 0.05) is 24.2 Å². The standard InChI is InChI=1S/C29H38O16/c1-9-11-5-14-28-8-41-29(26(39)40-4,22(28)20(24(38)45-14)42-10(2)31)23(37)19(36)21(28)27(11,3)6-12(15(9)32)43-25-18(35)17(34)16(33)13(7-30)44-25/h6,9,11,13-14,16-23,25,30,33-37H,5,7-8H2,1-4H3/t9-,11-,13+,14+,16+,17-,18+,19+,20+,21-,22+,23-,25+,27-,28+,29+/m0/s1. The van der Waals surface area contributed by atoms with Gasteiger partial charge >= 0.3 is 17.9 Å². The first-order valence-corrected chi connectivity index (χ1v) is 14.8. The van der Waals surface area contributed by atoms with E-state index >= 15 is 0 Å².